The molecule has 142 valence electrons. The third-order valence-corrected chi connectivity index (χ3v) is 4.66. The van der Waals surface area contributed by atoms with Crippen LogP contribution in [0.25, 0.3) is 0 Å². The van der Waals surface area contributed by atoms with Crippen molar-refractivity contribution in [3.8, 4) is 5.75 Å². The first-order valence-corrected chi connectivity index (χ1v) is 9.45. The normalized spacial score (nSPS) is 11.0. The molecule has 7 heteroatoms. The SMILES string of the molecule is COCCN(Cc1ccc(OCc2nc(CO)cs2)cc1)C(=O)C(C)C. The number of carbonyl (C=O) groups is 1. The predicted molar refractivity (Wildman–Crippen MR) is 101 cm³/mol. The molecule has 0 saturated carbocycles. The Labute approximate surface area is 158 Å². The van der Waals surface area contributed by atoms with Gasteiger partial charge in [0.1, 0.15) is 17.4 Å². The van der Waals surface area contributed by atoms with Gasteiger partial charge in [-0.15, -0.1) is 11.3 Å². The van der Waals surface area contributed by atoms with Crippen LogP contribution in [-0.4, -0.2) is 41.2 Å². The maximum Gasteiger partial charge on any atom is 0.225 e. The van der Waals surface area contributed by atoms with Crippen molar-refractivity contribution in [3.05, 3.63) is 45.9 Å². The molecule has 2 rings (SSSR count). The summed E-state index contributed by atoms with van der Waals surface area (Å²) in [6.45, 7) is 5.76. The predicted octanol–water partition coefficient (Wildman–Crippen LogP) is 2.85. The third kappa shape index (κ3) is 6.09. The van der Waals surface area contributed by atoms with Gasteiger partial charge in [-0.25, -0.2) is 4.98 Å². The third-order valence-electron chi connectivity index (χ3n) is 3.79. The number of aliphatic hydroxyl groups excluding tert-OH is 1. The number of hydrogen-bond donors (Lipinski definition) is 1. The average Bonchev–Trinajstić information content (AvgIpc) is 3.12. The molecule has 0 aliphatic carbocycles. The molecule has 0 aliphatic rings. The first kappa shape index (κ1) is 20.4. The zero-order valence-corrected chi connectivity index (χ0v) is 16.3. The number of carbonyl (C=O) groups excluding carboxylic acids is 1. The van der Waals surface area contributed by atoms with Crippen molar-refractivity contribution in [2.75, 3.05) is 20.3 Å². The number of hydrogen-bond acceptors (Lipinski definition) is 6. The number of thiazole rings is 1. The Balaban J connectivity index is 1.92. The van der Waals surface area contributed by atoms with Crippen molar-refractivity contribution in [1.82, 2.24) is 9.88 Å². The Morgan fingerprint density at radius 1 is 1.31 bits per heavy atom. The summed E-state index contributed by atoms with van der Waals surface area (Å²) in [5, 5.41) is 11.7. The molecule has 0 atom stereocenters. The fourth-order valence-electron chi connectivity index (χ4n) is 2.38. The topological polar surface area (TPSA) is 71.9 Å². The van der Waals surface area contributed by atoms with Gasteiger partial charge in [0.05, 0.1) is 18.9 Å². The van der Waals surface area contributed by atoms with Crippen molar-refractivity contribution in [2.24, 2.45) is 5.92 Å². The number of aromatic nitrogens is 1. The Morgan fingerprint density at radius 2 is 2.04 bits per heavy atom. The van der Waals surface area contributed by atoms with Crippen molar-refractivity contribution in [1.29, 1.82) is 0 Å². The van der Waals surface area contributed by atoms with E-state index < -0.39 is 0 Å². The maximum absolute atomic E-state index is 12.3. The molecule has 0 fully saturated rings. The largest absolute Gasteiger partial charge is 0.486 e. The molecule has 2 aromatic rings. The molecule has 1 aromatic heterocycles. The molecule has 0 radical (unpaired) electrons. The van der Waals surface area contributed by atoms with Gasteiger partial charge in [-0.2, -0.15) is 0 Å². The number of rotatable bonds is 10. The number of methoxy groups -OCH3 is 1. The van der Waals surface area contributed by atoms with Crippen LogP contribution in [0.5, 0.6) is 5.75 Å². The molecule has 26 heavy (non-hydrogen) atoms. The molecule has 1 aromatic carbocycles. The van der Waals surface area contributed by atoms with Crippen LogP contribution in [-0.2, 0) is 29.3 Å². The molecular weight excluding hydrogens is 352 g/mol. The zero-order valence-electron chi connectivity index (χ0n) is 15.5. The minimum Gasteiger partial charge on any atom is -0.486 e. The van der Waals surface area contributed by atoms with Crippen LogP contribution < -0.4 is 4.74 Å². The van der Waals surface area contributed by atoms with Crippen molar-refractivity contribution < 1.29 is 19.4 Å². The van der Waals surface area contributed by atoms with E-state index in [9.17, 15) is 4.79 Å². The van der Waals surface area contributed by atoms with Crippen LogP contribution in [0.15, 0.2) is 29.6 Å². The first-order valence-electron chi connectivity index (χ1n) is 8.57. The smallest absolute Gasteiger partial charge is 0.225 e. The summed E-state index contributed by atoms with van der Waals surface area (Å²) in [7, 11) is 1.64. The van der Waals surface area contributed by atoms with Crippen LogP contribution in [0.2, 0.25) is 0 Å². The summed E-state index contributed by atoms with van der Waals surface area (Å²) in [5.74, 6) is 0.815. The van der Waals surface area contributed by atoms with E-state index in [2.05, 4.69) is 4.98 Å². The summed E-state index contributed by atoms with van der Waals surface area (Å²) in [6, 6.07) is 7.71. The van der Waals surface area contributed by atoms with Crippen molar-refractivity contribution >= 4 is 17.2 Å². The highest BCUT2D eigenvalue weighted by Crippen LogP contribution is 2.18. The fourth-order valence-corrected chi connectivity index (χ4v) is 3.07. The van der Waals surface area contributed by atoms with E-state index in [1.807, 2.05) is 48.4 Å². The minimum atomic E-state index is -0.0557. The Kier molecular flexibility index (Phi) is 8.03. The second kappa shape index (κ2) is 10.3. The van der Waals surface area contributed by atoms with Gasteiger partial charge in [0.2, 0.25) is 5.91 Å². The van der Waals surface area contributed by atoms with E-state index in [1.165, 1.54) is 11.3 Å². The second-order valence-electron chi connectivity index (χ2n) is 6.23. The van der Waals surface area contributed by atoms with Crippen molar-refractivity contribution in [2.45, 2.75) is 33.6 Å². The van der Waals surface area contributed by atoms with E-state index >= 15 is 0 Å². The van der Waals surface area contributed by atoms with Gasteiger partial charge < -0.3 is 19.5 Å². The van der Waals surface area contributed by atoms with Crippen LogP contribution in [0.4, 0.5) is 0 Å². The molecule has 0 spiro atoms. The fraction of sp³-hybridized carbons (Fsp3) is 0.474. The molecule has 1 amide bonds. The van der Waals surface area contributed by atoms with Gasteiger partial charge in [-0.1, -0.05) is 26.0 Å². The Hall–Kier alpha value is -1.96. The molecule has 6 nitrogen and oxygen atoms in total. The molecule has 0 bridgehead atoms. The van der Waals surface area contributed by atoms with Crippen LogP contribution in [0.3, 0.4) is 0 Å². The molecular formula is C19H26N2O4S. The number of benzene rings is 1. The summed E-state index contributed by atoms with van der Waals surface area (Å²) in [5.41, 5.74) is 1.70. The van der Waals surface area contributed by atoms with Gasteiger partial charge >= 0.3 is 0 Å². The molecule has 1 N–H and O–H groups in total. The average molecular weight is 378 g/mol. The number of ether oxygens (including phenoxy) is 2. The number of amides is 1. The molecule has 0 unspecified atom stereocenters. The van der Waals surface area contributed by atoms with E-state index in [-0.39, 0.29) is 18.4 Å². The molecule has 0 aliphatic heterocycles. The van der Waals surface area contributed by atoms with Crippen LogP contribution >= 0.6 is 11.3 Å². The van der Waals surface area contributed by atoms with Gasteiger partial charge in [0.15, 0.2) is 0 Å². The lowest BCUT2D eigenvalue weighted by Crippen LogP contribution is -2.36. The van der Waals surface area contributed by atoms with Crippen LogP contribution in [0.1, 0.15) is 30.1 Å². The lowest BCUT2D eigenvalue weighted by atomic mass is 10.1. The van der Waals surface area contributed by atoms with Gasteiger partial charge in [0, 0.05) is 31.5 Å². The summed E-state index contributed by atoms with van der Waals surface area (Å²) in [6.07, 6.45) is 0. The van der Waals surface area contributed by atoms with Gasteiger partial charge in [0.25, 0.3) is 0 Å². The maximum atomic E-state index is 12.3. The summed E-state index contributed by atoms with van der Waals surface area (Å²) in [4.78, 5) is 18.4. The highest BCUT2D eigenvalue weighted by molar-refractivity contribution is 7.09. The first-order chi connectivity index (χ1) is 12.5. The quantitative estimate of drug-likeness (QED) is 0.688. The zero-order chi connectivity index (χ0) is 18.9. The standard InChI is InChI=1S/C19H26N2O4S/c1-14(2)19(23)21(8-9-24-3)10-15-4-6-17(7-5-15)25-12-18-20-16(11-22)13-26-18/h4-7,13-14,22H,8-12H2,1-3H3. The highest BCUT2D eigenvalue weighted by Gasteiger charge is 2.17. The van der Waals surface area contributed by atoms with Crippen LogP contribution in [0, 0.1) is 5.92 Å². The number of aliphatic hydroxyl groups is 1. The highest BCUT2D eigenvalue weighted by atomic mass is 32.1. The Morgan fingerprint density at radius 3 is 2.62 bits per heavy atom. The lowest BCUT2D eigenvalue weighted by Gasteiger charge is -2.24. The number of nitrogens with zero attached hydrogens (tertiary/aromatic N) is 2. The van der Waals surface area contributed by atoms with Gasteiger partial charge in [-0.05, 0) is 17.7 Å². The summed E-state index contributed by atoms with van der Waals surface area (Å²) < 4.78 is 10.8. The Bertz CT molecular complexity index is 685. The van der Waals surface area contributed by atoms with E-state index in [4.69, 9.17) is 14.6 Å². The monoisotopic (exact) mass is 378 g/mol. The molecule has 1 heterocycles. The van der Waals surface area contributed by atoms with Gasteiger partial charge in [-0.3, -0.25) is 4.79 Å². The second-order valence-corrected chi connectivity index (χ2v) is 7.17. The lowest BCUT2D eigenvalue weighted by molar-refractivity contribution is -0.135. The molecule has 0 saturated heterocycles. The summed E-state index contributed by atoms with van der Waals surface area (Å²) >= 11 is 1.47. The van der Waals surface area contributed by atoms with Crippen molar-refractivity contribution in [3.63, 3.8) is 0 Å². The minimum absolute atomic E-state index is 0.0448. The van der Waals surface area contributed by atoms with E-state index in [0.717, 1.165) is 16.3 Å². The van der Waals surface area contributed by atoms with E-state index in [1.54, 1.807) is 7.11 Å². The van der Waals surface area contributed by atoms with E-state index in [0.29, 0.717) is 32.0 Å².